The Kier molecular flexibility index (Phi) is 25.3. The number of nitrogens with zero attached hydrogens (tertiary/aromatic N) is 4. The highest BCUT2D eigenvalue weighted by Crippen LogP contribution is 2.03. The van der Waals surface area contributed by atoms with Crippen LogP contribution < -0.4 is 0 Å². The Balaban J connectivity index is 4.17. The fourth-order valence-electron chi connectivity index (χ4n) is 3.45. The second-order valence-corrected chi connectivity index (χ2v) is 11.6. The molecule has 2 unspecified atom stereocenters. The number of rotatable bonds is 27. The SMILES string of the molecule is CCC(=O)CN=C(C)CCC(=O)OCC(O)COC(=O)CCC(C)=NCC(=O)CN=C(C)CCC(=O)OCC(O)COC(=O)CCC(C)=NC. The molecule has 0 amide bonds. The van der Waals surface area contributed by atoms with Gasteiger partial charge in [0.2, 0.25) is 0 Å². The number of Topliss-reactive ketones (excluding diaryl/α,β-unsaturated/α-hetero) is 2. The number of carbonyl (C=O) groups excluding carboxylic acids is 6. The Morgan fingerprint density at radius 3 is 1.04 bits per heavy atom. The van der Waals surface area contributed by atoms with Crippen LogP contribution in [0.15, 0.2) is 20.0 Å². The molecule has 0 rings (SSSR count). The Bertz CT molecular complexity index is 1240. The molecule has 0 fully saturated rings. The van der Waals surface area contributed by atoms with E-state index >= 15 is 0 Å². The second-order valence-electron chi connectivity index (χ2n) is 11.6. The second kappa shape index (κ2) is 27.6. The van der Waals surface area contributed by atoms with Gasteiger partial charge >= 0.3 is 23.9 Å². The normalized spacial score (nSPS) is 13.7. The summed E-state index contributed by atoms with van der Waals surface area (Å²) in [6.45, 7) is 7.07. The summed E-state index contributed by atoms with van der Waals surface area (Å²) in [6.07, 6.45) is -0.550. The molecule has 16 heteroatoms. The van der Waals surface area contributed by atoms with Crippen LogP contribution >= 0.6 is 0 Å². The molecule has 0 aromatic heterocycles. The van der Waals surface area contributed by atoms with Crippen molar-refractivity contribution in [3.63, 3.8) is 0 Å². The standard InChI is InChI=1S/C34H54N4O12/c1-7-27(39)16-36-24(3)9-13-32(44)48-21-30(42)22-50-34(46)15-11-26(5)38-18-28(40)17-37-25(4)10-14-33(45)49-20-29(41)19-47-31(43)12-8-23(2)35-6/h29-30,41-42H,7-22H2,1-6H3. The largest absolute Gasteiger partial charge is 0.463 e. The Hall–Kier alpha value is -4.18. The summed E-state index contributed by atoms with van der Waals surface area (Å²) < 4.78 is 19.9. The summed E-state index contributed by atoms with van der Waals surface area (Å²) >= 11 is 0. The van der Waals surface area contributed by atoms with Gasteiger partial charge in [0, 0.05) is 36.3 Å². The van der Waals surface area contributed by atoms with E-state index in [1.165, 1.54) is 0 Å². The van der Waals surface area contributed by atoms with E-state index in [0.717, 1.165) is 5.71 Å². The van der Waals surface area contributed by atoms with Crippen molar-refractivity contribution in [1.29, 1.82) is 0 Å². The number of ether oxygens (including phenoxy) is 4. The maximum Gasteiger partial charge on any atom is 0.306 e. The molecule has 0 aromatic carbocycles. The average molecular weight is 711 g/mol. The number of aliphatic hydroxyl groups is 2. The quantitative estimate of drug-likeness (QED) is 0.0709. The third kappa shape index (κ3) is 26.7. The van der Waals surface area contributed by atoms with Crippen LogP contribution in [0.2, 0.25) is 0 Å². The van der Waals surface area contributed by atoms with Crippen LogP contribution in [0.25, 0.3) is 0 Å². The van der Waals surface area contributed by atoms with Crippen molar-refractivity contribution in [1.82, 2.24) is 0 Å². The lowest BCUT2D eigenvalue weighted by atomic mass is 10.2. The van der Waals surface area contributed by atoms with Crippen molar-refractivity contribution in [3.05, 3.63) is 0 Å². The van der Waals surface area contributed by atoms with Crippen molar-refractivity contribution in [2.45, 2.75) is 105 Å². The maximum atomic E-state index is 12.2. The molecule has 0 aromatic rings. The first-order valence-electron chi connectivity index (χ1n) is 16.6. The molecule has 0 spiro atoms. The monoisotopic (exact) mass is 710 g/mol. The number of aliphatic hydroxyl groups excluding tert-OH is 2. The van der Waals surface area contributed by atoms with Crippen LogP contribution in [0, 0.1) is 0 Å². The zero-order chi connectivity index (χ0) is 37.9. The van der Waals surface area contributed by atoms with Crippen LogP contribution in [0.3, 0.4) is 0 Å². The predicted octanol–water partition coefficient (Wildman–Crippen LogP) is 2.02. The number of ketones is 2. The Morgan fingerprint density at radius 2 is 0.760 bits per heavy atom. The van der Waals surface area contributed by atoms with Crippen molar-refractivity contribution in [2.24, 2.45) is 20.0 Å². The molecule has 0 saturated heterocycles. The van der Waals surface area contributed by atoms with Gasteiger partial charge in [-0.25, -0.2) is 0 Å². The number of hydrogen-bond donors (Lipinski definition) is 2. The first-order valence-corrected chi connectivity index (χ1v) is 16.6. The molecular formula is C34H54N4O12. The summed E-state index contributed by atoms with van der Waals surface area (Å²) in [5.41, 5.74) is 2.55. The predicted molar refractivity (Wildman–Crippen MR) is 186 cm³/mol. The van der Waals surface area contributed by atoms with E-state index in [0.29, 0.717) is 36.4 Å². The highest BCUT2D eigenvalue weighted by molar-refractivity contribution is 5.92. The molecule has 50 heavy (non-hydrogen) atoms. The van der Waals surface area contributed by atoms with Gasteiger partial charge in [0.25, 0.3) is 0 Å². The van der Waals surface area contributed by atoms with Gasteiger partial charge in [-0.1, -0.05) is 6.92 Å². The van der Waals surface area contributed by atoms with E-state index in [1.807, 2.05) is 0 Å². The minimum Gasteiger partial charge on any atom is -0.463 e. The van der Waals surface area contributed by atoms with E-state index in [1.54, 1.807) is 41.7 Å². The van der Waals surface area contributed by atoms with E-state index in [4.69, 9.17) is 18.9 Å². The molecule has 2 atom stereocenters. The number of aliphatic imine (C=N–C) groups is 4. The molecule has 0 aliphatic rings. The first-order chi connectivity index (χ1) is 23.6. The lowest BCUT2D eigenvalue weighted by molar-refractivity contribution is -0.153. The van der Waals surface area contributed by atoms with Gasteiger partial charge in [0.05, 0.1) is 45.3 Å². The van der Waals surface area contributed by atoms with Crippen LogP contribution in [0.4, 0.5) is 0 Å². The summed E-state index contributed by atoms with van der Waals surface area (Å²) in [4.78, 5) is 87.4. The fraction of sp³-hybridized carbons (Fsp3) is 0.706. The smallest absolute Gasteiger partial charge is 0.306 e. The lowest BCUT2D eigenvalue weighted by Gasteiger charge is -2.12. The molecule has 0 bridgehead atoms. The van der Waals surface area contributed by atoms with Crippen molar-refractivity contribution in [2.75, 3.05) is 53.1 Å². The van der Waals surface area contributed by atoms with Gasteiger partial charge in [0.1, 0.15) is 38.6 Å². The molecule has 0 aliphatic carbocycles. The third-order valence-corrected chi connectivity index (χ3v) is 6.86. The molecule has 0 saturated carbocycles. The van der Waals surface area contributed by atoms with Gasteiger partial charge < -0.3 is 29.2 Å². The van der Waals surface area contributed by atoms with Gasteiger partial charge in [0.15, 0.2) is 11.6 Å². The number of esters is 4. The van der Waals surface area contributed by atoms with Crippen LogP contribution in [0.5, 0.6) is 0 Å². The Labute approximate surface area is 293 Å². The first kappa shape index (κ1) is 45.8. The average Bonchev–Trinajstić information content (AvgIpc) is 3.10. The zero-order valence-corrected chi connectivity index (χ0v) is 30.2. The summed E-state index contributed by atoms with van der Waals surface area (Å²) in [5.74, 6) is -2.47. The zero-order valence-electron chi connectivity index (χ0n) is 30.2. The van der Waals surface area contributed by atoms with Crippen molar-refractivity contribution < 1.29 is 57.9 Å². The topological polar surface area (TPSA) is 229 Å². The molecule has 16 nitrogen and oxygen atoms in total. The lowest BCUT2D eigenvalue weighted by Crippen LogP contribution is -2.25. The maximum absolute atomic E-state index is 12.2. The van der Waals surface area contributed by atoms with Crippen molar-refractivity contribution in [3.8, 4) is 0 Å². The molecular weight excluding hydrogens is 656 g/mol. The van der Waals surface area contributed by atoms with Crippen LogP contribution in [-0.2, 0) is 47.7 Å². The number of hydrogen-bond acceptors (Lipinski definition) is 16. The minimum atomic E-state index is -1.20. The van der Waals surface area contributed by atoms with Crippen LogP contribution in [0.1, 0.15) is 92.4 Å². The van der Waals surface area contributed by atoms with Crippen LogP contribution in [-0.4, -0.2) is 134 Å². The Morgan fingerprint density at radius 1 is 0.480 bits per heavy atom. The van der Waals surface area contributed by atoms with E-state index < -0.39 is 36.1 Å². The fourth-order valence-corrected chi connectivity index (χ4v) is 3.45. The molecule has 0 aliphatic heterocycles. The van der Waals surface area contributed by atoms with E-state index in [-0.39, 0.29) is 96.2 Å². The molecule has 0 heterocycles. The molecule has 2 N–H and O–H groups in total. The molecule has 0 radical (unpaired) electrons. The van der Waals surface area contributed by atoms with Crippen molar-refractivity contribution >= 4 is 58.3 Å². The third-order valence-electron chi connectivity index (χ3n) is 6.86. The summed E-state index contributed by atoms with van der Waals surface area (Å²) in [5, 5.41) is 19.8. The van der Waals surface area contributed by atoms with E-state index in [2.05, 4.69) is 20.0 Å². The summed E-state index contributed by atoms with van der Waals surface area (Å²) in [7, 11) is 1.63. The molecule has 282 valence electrons. The highest BCUT2D eigenvalue weighted by Gasteiger charge is 2.14. The van der Waals surface area contributed by atoms with Gasteiger partial charge in [-0.15, -0.1) is 0 Å². The number of carbonyl (C=O) groups is 6. The van der Waals surface area contributed by atoms with E-state index in [9.17, 15) is 39.0 Å². The summed E-state index contributed by atoms with van der Waals surface area (Å²) in [6, 6.07) is 0. The van der Waals surface area contributed by atoms with Gasteiger partial charge in [-0.2, -0.15) is 0 Å². The minimum absolute atomic E-state index is 0.00540. The highest BCUT2D eigenvalue weighted by atomic mass is 16.6. The van der Waals surface area contributed by atoms with Gasteiger partial charge in [-0.05, 0) is 53.4 Å². The van der Waals surface area contributed by atoms with Gasteiger partial charge in [-0.3, -0.25) is 48.7 Å².